The summed E-state index contributed by atoms with van der Waals surface area (Å²) in [5, 5.41) is 2.05. The fourth-order valence-electron chi connectivity index (χ4n) is 3.95. The zero-order valence-electron chi connectivity index (χ0n) is 17.1. The summed E-state index contributed by atoms with van der Waals surface area (Å²) in [5.41, 5.74) is 2.15. The van der Waals surface area contributed by atoms with Gasteiger partial charge in [-0.05, 0) is 41.1 Å². The lowest BCUT2D eigenvalue weighted by Crippen LogP contribution is -2.46. The minimum atomic E-state index is -3.81. The van der Waals surface area contributed by atoms with Crippen LogP contribution in [-0.4, -0.2) is 43.2 Å². The average molecular weight is 453 g/mol. The highest BCUT2D eigenvalue weighted by molar-refractivity contribution is 7.89. The highest BCUT2D eigenvalue weighted by Gasteiger charge is 2.35. The topological polar surface area (TPSA) is 57.7 Å². The molecule has 1 aromatic heterocycles. The molecule has 0 aliphatic carbocycles. The number of amides is 1. The minimum absolute atomic E-state index is 0.0660. The van der Waals surface area contributed by atoms with Crippen LogP contribution in [0.5, 0.6) is 0 Å². The predicted molar refractivity (Wildman–Crippen MR) is 123 cm³/mol. The van der Waals surface area contributed by atoms with E-state index in [1.54, 1.807) is 46.6 Å². The fourth-order valence-corrected chi connectivity index (χ4v) is 6.24. The Morgan fingerprint density at radius 1 is 1.10 bits per heavy atom. The monoisotopic (exact) mass is 452 g/mol. The van der Waals surface area contributed by atoms with Gasteiger partial charge < -0.3 is 4.90 Å². The summed E-state index contributed by atoms with van der Waals surface area (Å²) in [5.74, 6) is -0.216. The van der Waals surface area contributed by atoms with Crippen molar-refractivity contribution in [3.05, 3.63) is 101 Å². The van der Waals surface area contributed by atoms with E-state index in [1.165, 1.54) is 15.3 Å². The van der Waals surface area contributed by atoms with Crippen LogP contribution in [0.2, 0.25) is 0 Å². The van der Waals surface area contributed by atoms with Crippen molar-refractivity contribution < 1.29 is 13.2 Å². The summed E-state index contributed by atoms with van der Waals surface area (Å²) < 4.78 is 27.5. The van der Waals surface area contributed by atoms with Gasteiger partial charge in [-0.1, -0.05) is 54.6 Å². The van der Waals surface area contributed by atoms with Gasteiger partial charge in [0.1, 0.15) is 0 Å². The molecule has 1 amide bonds. The van der Waals surface area contributed by atoms with Crippen molar-refractivity contribution in [2.75, 3.05) is 19.6 Å². The number of rotatable bonds is 7. The molecule has 160 valence electrons. The normalized spacial score (nSPS) is 16.2. The second-order valence-corrected chi connectivity index (χ2v) is 10.3. The van der Waals surface area contributed by atoms with Gasteiger partial charge in [-0.15, -0.1) is 17.9 Å². The van der Waals surface area contributed by atoms with Gasteiger partial charge in [0.25, 0.3) is 0 Å². The molecule has 2 aromatic carbocycles. The first kappa shape index (κ1) is 21.5. The first-order chi connectivity index (χ1) is 15.0. The molecule has 0 N–H and O–H groups in total. The molecule has 3 aromatic rings. The highest BCUT2D eigenvalue weighted by Crippen LogP contribution is 2.37. The summed E-state index contributed by atoms with van der Waals surface area (Å²) in [7, 11) is -3.81. The van der Waals surface area contributed by atoms with Crippen LogP contribution in [0.4, 0.5) is 0 Å². The predicted octanol–water partition coefficient (Wildman–Crippen LogP) is 4.10. The first-order valence-corrected chi connectivity index (χ1v) is 12.4. The lowest BCUT2D eigenvalue weighted by molar-refractivity contribution is -0.133. The third-order valence-corrected chi connectivity index (χ3v) is 8.25. The highest BCUT2D eigenvalue weighted by atomic mass is 32.2. The Bertz CT molecular complexity index is 1160. The maximum atomic E-state index is 13.5. The van der Waals surface area contributed by atoms with E-state index in [0.717, 1.165) is 17.5 Å². The SMILES string of the molecule is C=CCN(CC(=O)N1CCc2sccc2C1c1ccccc1)S(=O)(=O)c1ccccc1. The zero-order valence-corrected chi connectivity index (χ0v) is 18.7. The van der Waals surface area contributed by atoms with Gasteiger partial charge in [0.2, 0.25) is 15.9 Å². The van der Waals surface area contributed by atoms with E-state index in [-0.39, 0.29) is 29.9 Å². The molecular weight excluding hydrogens is 428 g/mol. The van der Waals surface area contributed by atoms with Crippen LogP contribution in [0.3, 0.4) is 0 Å². The Labute approximate surface area is 187 Å². The molecular formula is C24H24N2O3S2. The number of fused-ring (bicyclic) bond motifs is 1. The van der Waals surface area contributed by atoms with Crippen LogP contribution in [0.1, 0.15) is 22.0 Å². The molecule has 0 spiro atoms. The molecule has 1 aliphatic heterocycles. The lowest BCUT2D eigenvalue weighted by Gasteiger charge is -2.37. The zero-order chi connectivity index (χ0) is 21.8. The van der Waals surface area contributed by atoms with Crippen molar-refractivity contribution >= 4 is 27.3 Å². The van der Waals surface area contributed by atoms with Gasteiger partial charge in [0, 0.05) is 18.0 Å². The summed E-state index contributed by atoms with van der Waals surface area (Å²) in [6.45, 7) is 4.07. The molecule has 1 unspecified atom stereocenters. The van der Waals surface area contributed by atoms with Gasteiger partial charge in [0.15, 0.2) is 0 Å². The van der Waals surface area contributed by atoms with Gasteiger partial charge in [0.05, 0.1) is 17.5 Å². The maximum absolute atomic E-state index is 13.5. The number of hydrogen-bond donors (Lipinski definition) is 0. The quantitative estimate of drug-likeness (QED) is 0.507. The maximum Gasteiger partial charge on any atom is 0.243 e. The second-order valence-electron chi connectivity index (χ2n) is 7.35. The Balaban J connectivity index is 1.65. The standard InChI is InChI=1S/C24H24N2O3S2/c1-2-15-25(31(28,29)20-11-7-4-8-12-20)18-23(27)26-16-13-22-21(14-17-30-22)24(26)19-9-5-3-6-10-19/h2-12,14,17,24H,1,13,15-16,18H2. The largest absolute Gasteiger partial charge is 0.330 e. The molecule has 1 aliphatic rings. The number of carbonyl (C=O) groups is 1. The fraction of sp³-hybridized carbons (Fsp3) is 0.208. The Hall–Kier alpha value is -2.74. The van der Waals surface area contributed by atoms with Crippen molar-refractivity contribution in [1.29, 1.82) is 0 Å². The molecule has 0 bridgehead atoms. The van der Waals surface area contributed by atoms with Crippen molar-refractivity contribution in [3.8, 4) is 0 Å². The van der Waals surface area contributed by atoms with Crippen LogP contribution in [0.15, 0.2) is 89.7 Å². The molecule has 0 saturated carbocycles. The van der Waals surface area contributed by atoms with Crippen LogP contribution in [0.25, 0.3) is 0 Å². The summed E-state index contributed by atoms with van der Waals surface area (Å²) >= 11 is 1.70. The van der Waals surface area contributed by atoms with Crippen LogP contribution >= 0.6 is 11.3 Å². The molecule has 5 nitrogen and oxygen atoms in total. The van der Waals surface area contributed by atoms with E-state index < -0.39 is 10.0 Å². The van der Waals surface area contributed by atoms with E-state index in [9.17, 15) is 13.2 Å². The minimum Gasteiger partial charge on any atom is -0.330 e. The van der Waals surface area contributed by atoms with E-state index in [2.05, 4.69) is 18.0 Å². The van der Waals surface area contributed by atoms with Crippen LogP contribution in [0, 0.1) is 0 Å². The van der Waals surface area contributed by atoms with E-state index in [4.69, 9.17) is 0 Å². The summed E-state index contributed by atoms with van der Waals surface area (Å²) in [6, 6.07) is 20.0. The average Bonchev–Trinajstić information content (AvgIpc) is 3.28. The Morgan fingerprint density at radius 2 is 1.77 bits per heavy atom. The molecule has 31 heavy (non-hydrogen) atoms. The second kappa shape index (κ2) is 9.18. The lowest BCUT2D eigenvalue weighted by atomic mass is 9.93. The Morgan fingerprint density at radius 3 is 2.45 bits per heavy atom. The van der Waals surface area contributed by atoms with Crippen LogP contribution < -0.4 is 0 Å². The van der Waals surface area contributed by atoms with Gasteiger partial charge >= 0.3 is 0 Å². The third kappa shape index (κ3) is 4.35. The molecule has 7 heteroatoms. The summed E-state index contributed by atoms with van der Waals surface area (Å²) in [6.07, 6.45) is 2.28. The third-order valence-electron chi connectivity index (χ3n) is 5.43. The number of nitrogens with zero attached hydrogens (tertiary/aromatic N) is 2. The van der Waals surface area contributed by atoms with Crippen molar-refractivity contribution in [2.45, 2.75) is 17.4 Å². The molecule has 4 rings (SSSR count). The number of carbonyl (C=O) groups excluding carboxylic acids is 1. The smallest absolute Gasteiger partial charge is 0.243 e. The molecule has 2 heterocycles. The first-order valence-electron chi connectivity index (χ1n) is 10.1. The van der Waals surface area contributed by atoms with E-state index >= 15 is 0 Å². The van der Waals surface area contributed by atoms with Crippen molar-refractivity contribution in [1.82, 2.24) is 9.21 Å². The van der Waals surface area contributed by atoms with E-state index in [0.29, 0.717) is 6.54 Å². The number of thiophene rings is 1. The molecule has 1 atom stereocenters. The van der Waals surface area contributed by atoms with Crippen molar-refractivity contribution in [3.63, 3.8) is 0 Å². The van der Waals surface area contributed by atoms with Crippen LogP contribution in [-0.2, 0) is 21.2 Å². The van der Waals surface area contributed by atoms with Gasteiger partial charge in [-0.25, -0.2) is 8.42 Å². The van der Waals surface area contributed by atoms with Crippen molar-refractivity contribution in [2.24, 2.45) is 0 Å². The number of benzene rings is 2. The number of hydrogen-bond acceptors (Lipinski definition) is 4. The van der Waals surface area contributed by atoms with Gasteiger partial charge in [-0.3, -0.25) is 4.79 Å². The Kier molecular flexibility index (Phi) is 6.36. The summed E-state index contributed by atoms with van der Waals surface area (Å²) in [4.78, 5) is 16.7. The van der Waals surface area contributed by atoms with E-state index in [1.807, 2.05) is 30.3 Å². The molecule has 0 saturated heterocycles. The number of sulfonamides is 1. The molecule has 0 radical (unpaired) electrons. The molecule has 0 fully saturated rings. The van der Waals surface area contributed by atoms with Gasteiger partial charge in [-0.2, -0.15) is 4.31 Å².